The summed E-state index contributed by atoms with van der Waals surface area (Å²) >= 11 is 1.64. The Morgan fingerprint density at radius 1 is 0.964 bits per heavy atom. The summed E-state index contributed by atoms with van der Waals surface area (Å²) in [5.74, 6) is 0.708. The van der Waals surface area contributed by atoms with Crippen LogP contribution >= 0.6 is 11.3 Å². The Kier molecular flexibility index (Phi) is 5.87. The summed E-state index contributed by atoms with van der Waals surface area (Å²) in [6, 6.07) is 19.3. The van der Waals surface area contributed by atoms with Gasteiger partial charge in [0.1, 0.15) is 5.75 Å². The molecule has 0 unspecified atom stereocenters. The van der Waals surface area contributed by atoms with Crippen LogP contribution in [-0.2, 0) is 4.79 Å². The van der Waals surface area contributed by atoms with Crippen LogP contribution in [0.25, 0.3) is 0 Å². The molecule has 1 amide bonds. The fourth-order valence-corrected chi connectivity index (χ4v) is 4.09. The smallest absolute Gasteiger partial charge is 0.268 e. The Balaban J connectivity index is 1.51. The van der Waals surface area contributed by atoms with Crippen LogP contribution in [0.5, 0.6) is 5.75 Å². The number of hydrogen-bond donors (Lipinski definition) is 0. The van der Waals surface area contributed by atoms with Gasteiger partial charge in [-0.15, -0.1) is 11.3 Å². The number of carbonyl (C=O) groups is 1. The van der Waals surface area contributed by atoms with Crippen LogP contribution in [0, 0.1) is 0 Å². The van der Waals surface area contributed by atoms with Crippen molar-refractivity contribution in [3.05, 3.63) is 77.8 Å². The largest absolute Gasteiger partial charge is 0.476 e. The highest BCUT2D eigenvalue weighted by Crippen LogP contribution is 2.25. The Hall–Kier alpha value is -2.86. The van der Waals surface area contributed by atoms with Crippen molar-refractivity contribution in [3.63, 3.8) is 0 Å². The maximum atomic E-state index is 13.4. The molecule has 1 aromatic heterocycles. The monoisotopic (exact) mass is 393 g/mol. The predicted octanol–water partition coefficient (Wildman–Crippen LogP) is 4.00. The molecule has 1 aliphatic rings. The fraction of sp³-hybridized carbons (Fsp3) is 0.273. The Bertz CT molecular complexity index is 871. The summed E-state index contributed by atoms with van der Waals surface area (Å²) in [6.07, 6.45) is 2.10. The van der Waals surface area contributed by atoms with Gasteiger partial charge in [-0.3, -0.25) is 4.79 Å². The molecule has 0 N–H and O–H groups in total. The van der Waals surface area contributed by atoms with Crippen LogP contribution in [0.1, 0.15) is 18.1 Å². The van der Waals surface area contributed by atoms with Gasteiger partial charge in [0, 0.05) is 43.3 Å². The second-order valence-corrected chi connectivity index (χ2v) is 7.58. The van der Waals surface area contributed by atoms with Crippen molar-refractivity contribution in [2.45, 2.75) is 12.5 Å². The van der Waals surface area contributed by atoms with Crippen molar-refractivity contribution >= 4 is 22.4 Å². The van der Waals surface area contributed by atoms with Crippen molar-refractivity contribution in [2.24, 2.45) is 0 Å². The zero-order valence-corrected chi connectivity index (χ0v) is 16.4. The minimum Gasteiger partial charge on any atom is -0.476 e. The van der Waals surface area contributed by atoms with Gasteiger partial charge in [0.2, 0.25) is 6.10 Å². The van der Waals surface area contributed by atoms with Crippen LogP contribution in [0.3, 0.4) is 0 Å². The molecule has 1 saturated heterocycles. The van der Waals surface area contributed by atoms with Crippen molar-refractivity contribution in [1.29, 1.82) is 0 Å². The number of anilines is 1. The predicted molar refractivity (Wildman–Crippen MR) is 112 cm³/mol. The Morgan fingerprint density at radius 2 is 1.71 bits per heavy atom. The van der Waals surface area contributed by atoms with E-state index in [9.17, 15) is 4.79 Å². The lowest BCUT2D eigenvalue weighted by Gasteiger charge is -2.27. The molecule has 2 heterocycles. The van der Waals surface area contributed by atoms with E-state index in [1.807, 2.05) is 77.1 Å². The molecule has 4 rings (SSSR count). The van der Waals surface area contributed by atoms with Gasteiger partial charge in [-0.05, 0) is 18.6 Å². The number of rotatable bonds is 5. The van der Waals surface area contributed by atoms with Crippen LogP contribution < -0.4 is 9.64 Å². The van der Waals surface area contributed by atoms with Crippen LogP contribution in [0.4, 0.5) is 5.13 Å². The van der Waals surface area contributed by atoms with Gasteiger partial charge in [-0.25, -0.2) is 4.98 Å². The molecule has 0 saturated carbocycles. The zero-order valence-electron chi connectivity index (χ0n) is 15.6. The lowest BCUT2D eigenvalue weighted by atomic mass is 10.1. The number of para-hydroxylation sites is 1. The highest BCUT2D eigenvalue weighted by Gasteiger charge is 2.29. The first kappa shape index (κ1) is 18.5. The number of benzene rings is 2. The molecule has 2 aromatic carbocycles. The summed E-state index contributed by atoms with van der Waals surface area (Å²) < 4.78 is 6.14. The second kappa shape index (κ2) is 8.89. The summed E-state index contributed by atoms with van der Waals surface area (Å²) in [5, 5.41) is 3.01. The van der Waals surface area contributed by atoms with Gasteiger partial charge in [0.15, 0.2) is 5.13 Å². The molecular weight excluding hydrogens is 370 g/mol. The number of ether oxygens (including phenoxy) is 1. The summed E-state index contributed by atoms with van der Waals surface area (Å²) in [7, 11) is 0. The molecule has 1 fully saturated rings. The number of thiazole rings is 1. The fourth-order valence-electron chi connectivity index (χ4n) is 3.39. The quantitative estimate of drug-likeness (QED) is 0.657. The van der Waals surface area contributed by atoms with Crippen molar-refractivity contribution in [3.8, 4) is 5.75 Å². The van der Waals surface area contributed by atoms with Gasteiger partial charge in [0.25, 0.3) is 5.91 Å². The molecule has 1 aliphatic heterocycles. The minimum absolute atomic E-state index is 0.0102. The van der Waals surface area contributed by atoms with Crippen LogP contribution in [0.15, 0.2) is 72.2 Å². The highest BCUT2D eigenvalue weighted by atomic mass is 32.1. The number of carbonyl (C=O) groups excluding carboxylic acids is 1. The summed E-state index contributed by atoms with van der Waals surface area (Å²) in [4.78, 5) is 22.0. The molecule has 144 valence electrons. The molecular formula is C22H23N3O2S. The topological polar surface area (TPSA) is 45.7 Å². The standard InChI is InChI=1S/C22H23N3O2S/c26-21(24-13-7-14-25(16-15-24)22-23-12-17-28-22)20(18-8-3-1-4-9-18)27-19-10-5-2-6-11-19/h1-6,8-12,17,20H,7,13-16H2/t20-/m1/s1. The van der Waals surface area contributed by atoms with Gasteiger partial charge in [-0.1, -0.05) is 48.5 Å². The second-order valence-electron chi connectivity index (χ2n) is 6.70. The molecule has 3 aromatic rings. The Labute approximate surface area is 169 Å². The van der Waals surface area contributed by atoms with Crippen molar-refractivity contribution in [1.82, 2.24) is 9.88 Å². The molecule has 0 bridgehead atoms. The third-order valence-corrected chi connectivity index (χ3v) is 5.65. The summed E-state index contributed by atoms with van der Waals surface area (Å²) in [6.45, 7) is 3.08. The number of aromatic nitrogens is 1. The van der Waals surface area contributed by atoms with E-state index in [1.54, 1.807) is 11.3 Å². The highest BCUT2D eigenvalue weighted by molar-refractivity contribution is 7.13. The van der Waals surface area contributed by atoms with E-state index in [1.165, 1.54) is 0 Å². The number of amides is 1. The van der Waals surface area contributed by atoms with Crippen molar-refractivity contribution < 1.29 is 9.53 Å². The number of nitrogens with zero attached hydrogens (tertiary/aromatic N) is 3. The zero-order chi connectivity index (χ0) is 19.2. The molecule has 5 nitrogen and oxygen atoms in total. The first-order chi connectivity index (χ1) is 13.8. The minimum atomic E-state index is -0.644. The van der Waals surface area contributed by atoms with E-state index in [2.05, 4.69) is 9.88 Å². The van der Waals surface area contributed by atoms with E-state index >= 15 is 0 Å². The third-order valence-electron chi connectivity index (χ3n) is 4.82. The van der Waals surface area contributed by atoms with Gasteiger partial charge in [-0.2, -0.15) is 0 Å². The molecule has 1 atom stereocenters. The maximum absolute atomic E-state index is 13.4. The van der Waals surface area contributed by atoms with Crippen LogP contribution in [0.2, 0.25) is 0 Å². The summed E-state index contributed by atoms with van der Waals surface area (Å²) in [5.41, 5.74) is 0.873. The maximum Gasteiger partial charge on any atom is 0.268 e. The van der Waals surface area contributed by atoms with Gasteiger partial charge < -0.3 is 14.5 Å². The molecule has 6 heteroatoms. The van der Waals surface area contributed by atoms with E-state index < -0.39 is 6.10 Å². The van der Waals surface area contributed by atoms with Crippen LogP contribution in [-0.4, -0.2) is 42.0 Å². The first-order valence-electron chi connectivity index (χ1n) is 9.51. The van der Waals surface area contributed by atoms with Gasteiger partial charge >= 0.3 is 0 Å². The van der Waals surface area contributed by atoms with Gasteiger partial charge in [0.05, 0.1) is 0 Å². The average molecular weight is 394 g/mol. The van der Waals surface area contributed by atoms with E-state index in [4.69, 9.17) is 4.74 Å². The number of hydrogen-bond acceptors (Lipinski definition) is 5. The van der Waals surface area contributed by atoms with E-state index in [0.717, 1.165) is 36.8 Å². The normalized spacial score (nSPS) is 15.7. The molecule has 0 spiro atoms. The molecule has 0 aliphatic carbocycles. The van der Waals surface area contributed by atoms with Crippen molar-refractivity contribution in [2.75, 3.05) is 31.1 Å². The molecule has 0 radical (unpaired) electrons. The Morgan fingerprint density at radius 3 is 2.43 bits per heavy atom. The average Bonchev–Trinajstić information content (AvgIpc) is 3.17. The van der Waals surface area contributed by atoms with E-state index in [0.29, 0.717) is 12.3 Å². The van der Waals surface area contributed by atoms with E-state index in [-0.39, 0.29) is 5.91 Å². The lowest BCUT2D eigenvalue weighted by molar-refractivity contribution is -0.138. The first-order valence-corrected chi connectivity index (χ1v) is 10.4. The SMILES string of the molecule is O=C([C@H](Oc1ccccc1)c1ccccc1)N1CCCN(c2nccs2)CC1. The third kappa shape index (κ3) is 4.34. The lowest BCUT2D eigenvalue weighted by Crippen LogP contribution is -2.39. The molecule has 28 heavy (non-hydrogen) atoms.